The predicted octanol–water partition coefficient (Wildman–Crippen LogP) is 1.67. The molecule has 0 aliphatic heterocycles. The van der Waals surface area contributed by atoms with Crippen LogP contribution in [-0.4, -0.2) is 10.7 Å². The molecule has 0 spiro atoms. The molecule has 0 unspecified atom stereocenters. The zero-order chi connectivity index (χ0) is 8.10. The lowest BCUT2D eigenvalue weighted by Gasteiger charge is -1.90. The van der Waals surface area contributed by atoms with Gasteiger partial charge in [-0.2, -0.15) is 12.6 Å². The molecule has 0 amide bonds. The minimum Gasteiger partial charge on any atom is -0.248 e. The Kier molecular flexibility index (Phi) is 3.00. The molecule has 56 valence electrons. The van der Waals surface area contributed by atoms with Crippen LogP contribution in [0, 0.1) is 18.8 Å². The van der Waals surface area contributed by atoms with E-state index in [-0.39, 0.29) is 0 Å². The van der Waals surface area contributed by atoms with E-state index in [0.717, 1.165) is 5.69 Å². The Morgan fingerprint density at radius 1 is 1.64 bits per heavy atom. The second-order valence-corrected chi connectivity index (χ2v) is 2.49. The Hall–Kier alpha value is -0.940. The van der Waals surface area contributed by atoms with E-state index in [4.69, 9.17) is 0 Å². The van der Waals surface area contributed by atoms with E-state index >= 15 is 0 Å². The normalized spacial score (nSPS) is 8.55. The highest BCUT2D eigenvalue weighted by atomic mass is 32.1. The van der Waals surface area contributed by atoms with Crippen LogP contribution in [0.1, 0.15) is 11.3 Å². The molecule has 1 aromatic heterocycles. The van der Waals surface area contributed by atoms with Crippen LogP contribution in [0.15, 0.2) is 18.3 Å². The fourth-order valence-electron chi connectivity index (χ4n) is 0.735. The third-order valence-electron chi connectivity index (χ3n) is 1.21. The summed E-state index contributed by atoms with van der Waals surface area (Å²) in [5, 5.41) is 0. The Morgan fingerprint density at radius 3 is 3.09 bits per heavy atom. The topological polar surface area (TPSA) is 12.9 Å². The van der Waals surface area contributed by atoms with E-state index in [0.29, 0.717) is 5.75 Å². The Balaban J connectivity index is 2.87. The summed E-state index contributed by atoms with van der Waals surface area (Å²) in [6.07, 6.45) is 1.76. The highest BCUT2D eigenvalue weighted by molar-refractivity contribution is 7.80. The number of aryl methyl sites for hydroxylation is 1. The van der Waals surface area contributed by atoms with Gasteiger partial charge in [0.05, 0.1) is 5.75 Å². The van der Waals surface area contributed by atoms with Crippen LogP contribution < -0.4 is 0 Å². The van der Waals surface area contributed by atoms with Gasteiger partial charge < -0.3 is 0 Å². The average molecular weight is 163 g/mol. The number of nitrogens with zero attached hydrogens (tertiary/aromatic N) is 1. The number of aromatic nitrogens is 1. The van der Waals surface area contributed by atoms with Crippen LogP contribution in [0.25, 0.3) is 0 Å². The molecule has 0 atom stereocenters. The van der Waals surface area contributed by atoms with Gasteiger partial charge in [-0.05, 0) is 30.5 Å². The fourth-order valence-corrected chi connectivity index (χ4v) is 0.814. The van der Waals surface area contributed by atoms with Gasteiger partial charge in [-0.25, -0.2) is 4.98 Å². The minimum atomic E-state index is 0.579. The molecule has 1 rings (SSSR count). The van der Waals surface area contributed by atoms with Gasteiger partial charge in [-0.3, -0.25) is 0 Å². The lowest BCUT2D eigenvalue weighted by molar-refractivity contribution is 1.25. The molecule has 0 N–H and O–H groups in total. The minimum absolute atomic E-state index is 0.579. The van der Waals surface area contributed by atoms with E-state index in [1.54, 1.807) is 6.20 Å². The average Bonchev–Trinajstić information content (AvgIpc) is 2.01. The van der Waals surface area contributed by atoms with Gasteiger partial charge in [0.2, 0.25) is 0 Å². The molecule has 0 aliphatic carbocycles. The molecule has 1 heterocycles. The first-order valence-corrected chi connectivity index (χ1v) is 3.98. The van der Waals surface area contributed by atoms with Crippen molar-refractivity contribution >= 4 is 12.6 Å². The van der Waals surface area contributed by atoms with Crippen LogP contribution >= 0.6 is 12.6 Å². The van der Waals surface area contributed by atoms with Crippen LogP contribution in [0.2, 0.25) is 0 Å². The van der Waals surface area contributed by atoms with Crippen molar-refractivity contribution in [2.45, 2.75) is 6.92 Å². The molecular weight excluding hydrogens is 154 g/mol. The van der Waals surface area contributed by atoms with Crippen molar-refractivity contribution in [3.8, 4) is 11.8 Å². The van der Waals surface area contributed by atoms with Crippen LogP contribution in [0.5, 0.6) is 0 Å². The maximum Gasteiger partial charge on any atom is 0.113 e. The van der Waals surface area contributed by atoms with E-state index in [1.165, 1.54) is 5.56 Å². The molecular formula is C9H9NS. The van der Waals surface area contributed by atoms with E-state index in [9.17, 15) is 0 Å². The molecule has 0 radical (unpaired) electrons. The molecule has 0 fully saturated rings. The highest BCUT2D eigenvalue weighted by Gasteiger charge is 1.86. The fraction of sp³-hybridized carbons (Fsp3) is 0.222. The van der Waals surface area contributed by atoms with Gasteiger partial charge in [-0.1, -0.05) is 5.92 Å². The Bertz CT molecular complexity index is 296. The standard InChI is InChI=1S/C9H9NS/c1-8-4-5-10-9(7-8)3-2-6-11/h4-5,7,11H,6H2,1H3. The summed E-state index contributed by atoms with van der Waals surface area (Å²) in [5.74, 6) is 6.32. The summed E-state index contributed by atoms with van der Waals surface area (Å²) in [7, 11) is 0. The summed E-state index contributed by atoms with van der Waals surface area (Å²) in [4.78, 5) is 4.07. The molecule has 1 aromatic rings. The molecule has 0 aliphatic rings. The van der Waals surface area contributed by atoms with E-state index in [2.05, 4.69) is 29.5 Å². The van der Waals surface area contributed by atoms with Crippen molar-refractivity contribution < 1.29 is 0 Å². The Labute approximate surface area is 72.3 Å². The number of hydrogen-bond acceptors (Lipinski definition) is 2. The van der Waals surface area contributed by atoms with Crippen molar-refractivity contribution in [1.29, 1.82) is 0 Å². The second kappa shape index (κ2) is 4.05. The quantitative estimate of drug-likeness (QED) is 0.453. The first-order chi connectivity index (χ1) is 5.33. The summed E-state index contributed by atoms with van der Waals surface area (Å²) in [5.41, 5.74) is 2.00. The third-order valence-corrected chi connectivity index (χ3v) is 1.37. The van der Waals surface area contributed by atoms with Crippen molar-refractivity contribution in [2.24, 2.45) is 0 Å². The largest absolute Gasteiger partial charge is 0.248 e. The summed E-state index contributed by atoms with van der Waals surface area (Å²) >= 11 is 3.98. The second-order valence-electron chi connectivity index (χ2n) is 2.18. The SMILES string of the molecule is Cc1ccnc(C#CCS)c1. The molecule has 11 heavy (non-hydrogen) atoms. The van der Waals surface area contributed by atoms with Crippen molar-refractivity contribution in [3.63, 3.8) is 0 Å². The van der Waals surface area contributed by atoms with Crippen LogP contribution in [0.4, 0.5) is 0 Å². The highest BCUT2D eigenvalue weighted by Crippen LogP contribution is 1.97. The van der Waals surface area contributed by atoms with Crippen LogP contribution in [-0.2, 0) is 0 Å². The first-order valence-electron chi connectivity index (χ1n) is 3.35. The number of rotatable bonds is 0. The summed E-state index contributed by atoms with van der Waals surface area (Å²) < 4.78 is 0. The summed E-state index contributed by atoms with van der Waals surface area (Å²) in [6.45, 7) is 2.02. The van der Waals surface area contributed by atoms with E-state index < -0.39 is 0 Å². The lowest BCUT2D eigenvalue weighted by Crippen LogP contribution is -1.82. The van der Waals surface area contributed by atoms with Crippen LogP contribution in [0.3, 0.4) is 0 Å². The van der Waals surface area contributed by atoms with Gasteiger partial charge in [0, 0.05) is 6.20 Å². The molecule has 2 heteroatoms. The monoisotopic (exact) mass is 163 g/mol. The number of pyridine rings is 1. The zero-order valence-electron chi connectivity index (χ0n) is 6.33. The maximum absolute atomic E-state index is 4.07. The van der Waals surface area contributed by atoms with E-state index in [1.807, 2.05) is 19.1 Å². The van der Waals surface area contributed by atoms with Gasteiger partial charge >= 0.3 is 0 Å². The zero-order valence-corrected chi connectivity index (χ0v) is 7.23. The van der Waals surface area contributed by atoms with Gasteiger partial charge in [0.1, 0.15) is 5.69 Å². The number of hydrogen-bond donors (Lipinski definition) is 1. The van der Waals surface area contributed by atoms with Gasteiger partial charge in [0.25, 0.3) is 0 Å². The maximum atomic E-state index is 4.07. The molecule has 1 nitrogen and oxygen atoms in total. The predicted molar refractivity (Wildman–Crippen MR) is 49.7 cm³/mol. The first kappa shape index (κ1) is 8.16. The molecule has 0 saturated heterocycles. The number of thiol groups is 1. The lowest BCUT2D eigenvalue weighted by atomic mass is 10.2. The Morgan fingerprint density at radius 2 is 2.45 bits per heavy atom. The third kappa shape index (κ3) is 2.65. The molecule has 0 aromatic carbocycles. The van der Waals surface area contributed by atoms with Gasteiger partial charge in [0.15, 0.2) is 0 Å². The van der Waals surface area contributed by atoms with Gasteiger partial charge in [-0.15, -0.1) is 0 Å². The van der Waals surface area contributed by atoms with Crippen molar-refractivity contribution in [1.82, 2.24) is 4.98 Å². The molecule has 0 bridgehead atoms. The van der Waals surface area contributed by atoms with Crippen molar-refractivity contribution in [3.05, 3.63) is 29.6 Å². The molecule has 0 saturated carbocycles. The van der Waals surface area contributed by atoms with Crippen molar-refractivity contribution in [2.75, 3.05) is 5.75 Å². The smallest absolute Gasteiger partial charge is 0.113 e. The summed E-state index contributed by atoms with van der Waals surface area (Å²) in [6, 6.07) is 3.91.